The zero-order valence-corrected chi connectivity index (χ0v) is 16.9. The molecule has 144 valence electrons. The zero-order valence-electron chi connectivity index (χ0n) is 16.9. The zero-order chi connectivity index (χ0) is 20.0. The van der Waals surface area contributed by atoms with Crippen molar-refractivity contribution in [2.24, 2.45) is 0 Å². The molecule has 0 unspecified atom stereocenters. The first kappa shape index (κ1) is 20.7. The minimum atomic E-state index is -0.350. The lowest BCUT2D eigenvalue weighted by Crippen LogP contribution is -2.30. The van der Waals surface area contributed by atoms with E-state index in [-0.39, 0.29) is 24.3 Å². The Morgan fingerprint density at radius 2 is 1.41 bits per heavy atom. The Labute approximate surface area is 162 Å². The highest BCUT2D eigenvalue weighted by atomic mass is 16.2. The fourth-order valence-electron chi connectivity index (χ4n) is 3.25. The monoisotopic (exact) mass is 366 g/mol. The fourth-order valence-corrected chi connectivity index (χ4v) is 3.25. The summed E-state index contributed by atoms with van der Waals surface area (Å²) in [4.78, 5) is 24.5. The van der Waals surface area contributed by atoms with Gasteiger partial charge in [0.05, 0.1) is 12.5 Å². The predicted molar refractivity (Wildman–Crippen MR) is 111 cm³/mol. The van der Waals surface area contributed by atoms with E-state index in [0.29, 0.717) is 11.8 Å². The van der Waals surface area contributed by atoms with E-state index in [2.05, 4.69) is 50.5 Å². The second kappa shape index (κ2) is 9.36. The van der Waals surface area contributed by atoms with Crippen LogP contribution in [0.25, 0.3) is 0 Å². The van der Waals surface area contributed by atoms with E-state index in [1.54, 1.807) is 0 Å². The maximum atomic E-state index is 12.9. The van der Waals surface area contributed by atoms with Crippen LogP contribution >= 0.6 is 0 Å². The van der Waals surface area contributed by atoms with Crippen molar-refractivity contribution < 1.29 is 9.59 Å². The van der Waals surface area contributed by atoms with Crippen LogP contribution in [0.1, 0.15) is 75.6 Å². The van der Waals surface area contributed by atoms with E-state index in [9.17, 15) is 9.59 Å². The molecule has 27 heavy (non-hydrogen) atoms. The van der Waals surface area contributed by atoms with Gasteiger partial charge in [0.2, 0.25) is 11.8 Å². The summed E-state index contributed by atoms with van der Waals surface area (Å²) in [6.07, 6.45) is 0.188. The molecule has 2 N–H and O–H groups in total. The lowest BCUT2D eigenvalue weighted by molar-refractivity contribution is -0.120. The maximum Gasteiger partial charge on any atom is 0.226 e. The molecule has 0 saturated carbocycles. The van der Waals surface area contributed by atoms with E-state index in [1.165, 1.54) is 6.92 Å². The van der Waals surface area contributed by atoms with Crippen molar-refractivity contribution in [2.45, 2.75) is 58.9 Å². The van der Waals surface area contributed by atoms with E-state index >= 15 is 0 Å². The van der Waals surface area contributed by atoms with Crippen molar-refractivity contribution in [2.75, 3.05) is 5.32 Å². The minimum absolute atomic E-state index is 0.104. The van der Waals surface area contributed by atoms with Gasteiger partial charge in [0.25, 0.3) is 0 Å². The van der Waals surface area contributed by atoms with Gasteiger partial charge in [-0.3, -0.25) is 9.59 Å². The quantitative estimate of drug-likeness (QED) is 0.713. The van der Waals surface area contributed by atoms with Gasteiger partial charge in [-0.15, -0.1) is 0 Å². The third-order valence-electron chi connectivity index (χ3n) is 4.61. The van der Waals surface area contributed by atoms with Crippen LogP contribution in [0.4, 0.5) is 5.69 Å². The van der Waals surface area contributed by atoms with Gasteiger partial charge >= 0.3 is 0 Å². The van der Waals surface area contributed by atoms with Gasteiger partial charge in [-0.25, -0.2) is 0 Å². The average molecular weight is 367 g/mol. The third kappa shape index (κ3) is 5.68. The lowest BCUT2D eigenvalue weighted by Gasteiger charge is -2.22. The molecule has 0 aliphatic heterocycles. The van der Waals surface area contributed by atoms with E-state index < -0.39 is 0 Å². The molecule has 2 aromatic rings. The Morgan fingerprint density at radius 1 is 0.852 bits per heavy atom. The molecular formula is C23H30N2O2. The number of benzene rings is 2. The van der Waals surface area contributed by atoms with Gasteiger partial charge in [-0.2, -0.15) is 0 Å². The van der Waals surface area contributed by atoms with Crippen LogP contribution in [-0.4, -0.2) is 11.8 Å². The van der Waals surface area contributed by atoms with Crippen molar-refractivity contribution >= 4 is 17.5 Å². The molecule has 0 aliphatic rings. The highest BCUT2D eigenvalue weighted by Gasteiger charge is 2.20. The fraction of sp³-hybridized carbons (Fsp3) is 0.391. The number of amides is 2. The molecule has 0 bridgehead atoms. The topological polar surface area (TPSA) is 58.2 Å². The van der Waals surface area contributed by atoms with E-state index in [0.717, 1.165) is 22.4 Å². The summed E-state index contributed by atoms with van der Waals surface area (Å²) in [5, 5.41) is 6.01. The molecule has 2 aromatic carbocycles. The SMILES string of the molecule is CC(=O)N[C@H](CC(=O)Nc1c(C(C)C)cccc1C(C)C)c1ccccc1. The summed E-state index contributed by atoms with van der Waals surface area (Å²) in [6.45, 7) is 9.97. The number of anilines is 1. The van der Waals surface area contributed by atoms with Crippen LogP contribution in [0.5, 0.6) is 0 Å². The van der Waals surface area contributed by atoms with Crippen LogP contribution in [0.2, 0.25) is 0 Å². The van der Waals surface area contributed by atoms with Crippen LogP contribution in [0.15, 0.2) is 48.5 Å². The molecule has 2 amide bonds. The van der Waals surface area contributed by atoms with Crippen LogP contribution in [0.3, 0.4) is 0 Å². The van der Waals surface area contributed by atoms with Crippen molar-refractivity contribution in [3.8, 4) is 0 Å². The molecule has 0 aliphatic carbocycles. The summed E-state index contributed by atoms with van der Waals surface area (Å²) in [5.41, 5.74) is 4.09. The number of rotatable bonds is 7. The Balaban J connectivity index is 2.26. The molecule has 4 heteroatoms. The standard InChI is InChI=1S/C23H30N2O2/c1-15(2)19-12-9-13-20(16(3)4)23(19)25-22(27)14-21(24-17(5)26)18-10-7-6-8-11-18/h6-13,15-16,21H,14H2,1-5H3,(H,24,26)(H,25,27)/t21-/m1/s1. The summed E-state index contributed by atoms with van der Waals surface area (Å²) in [6, 6.07) is 15.4. The van der Waals surface area contributed by atoms with Crippen molar-refractivity contribution in [1.82, 2.24) is 5.32 Å². The molecule has 0 aromatic heterocycles. The van der Waals surface area contributed by atoms with E-state index in [4.69, 9.17) is 0 Å². The van der Waals surface area contributed by atoms with Crippen molar-refractivity contribution in [1.29, 1.82) is 0 Å². The van der Waals surface area contributed by atoms with E-state index in [1.807, 2.05) is 36.4 Å². The Kier molecular flexibility index (Phi) is 7.17. The normalized spacial score (nSPS) is 12.1. The van der Waals surface area contributed by atoms with Crippen LogP contribution < -0.4 is 10.6 Å². The van der Waals surface area contributed by atoms with Crippen molar-refractivity contribution in [3.63, 3.8) is 0 Å². The number of hydrogen-bond acceptors (Lipinski definition) is 2. The van der Waals surface area contributed by atoms with Crippen LogP contribution in [-0.2, 0) is 9.59 Å². The van der Waals surface area contributed by atoms with Gasteiger partial charge in [0.1, 0.15) is 0 Å². The molecule has 0 heterocycles. The number of carbonyl (C=O) groups excluding carboxylic acids is 2. The van der Waals surface area contributed by atoms with Gasteiger partial charge in [-0.05, 0) is 28.5 Å². The highest BCUT2D eigenvalue weighted by Crippen LogP contribution is 2.32. The Bertz CT molecular complexity index is 756. The number of para-hydroxylation sites is 1. The van der Waals surface area contributed by atoms with Gasteiger partial charge in [0, 0.05) is 12.6 Å². The second-order valence-electron chi connectivity index (χ2n) is 7.54. The molecule has 0 fully saturated rings. The van der Waals surface area contributed by atoms with Gasteiger partial charge in [0.15, 0.2) is 0 Å². The Hall–Kier alpha value is -2.62. The third-order valence-corrected chi connectivity index (χ3v) is 4.61. The smallest absolute Gasteiger partial charge is 0.226 e. The summed E-state index contributed by atoms with van der Waals surface area (Å²) in [7, 11) is 0. The first-order chi connectivity index (χ1) is 12.8. The highest BCUT2D eigenvalue weighted by molar-refractivity contribution is 5.93. The molecular weight excluding hydrogens is 336 g/mol. The molecule has 0 spiro atoms. The number of nitrogens with one attached hydrogen (secondary N) is 2. The minimum Gasteiger partial charge on any atom is -0.349 e. The summed E-state index contributed by atoms with van der Waals surface area (Å²) >= 11 is 0. The first-order valence-electron chi connectivity index (χ1n) is 9.54. The molecule has 2 rings (SSSR count). The summed E-state index contributed by atoms with van der Waals surface area (Å²) < 4.78 is 0. The molecule has 0 radical (unpaired) electrons. The predicted octanol–water partition coefficient (Wildman–Crippen LogP) is 5.14. The average Bonchev–Trinajstić information content (AvgIpc) is 2.61. The lowest BCUT2D eigenvalue weighted by atomic mass is 9.92. The van der Waals surface area contributed by atoms with Crippen molar-refractivity contribution in [3.05, 3.63) is 65.2 Å². The van der Waals surface area contributed by atoms with Crippen LogP contribution in [0, 0.1) is 0 Å². The maximum absolute atomic E-state index is 12.9. The molecule has 0 saturated heterocycles. The van der Waals surface area contributed by atoms with Gasteiger partial charge in [-0.1, -0.05) is 76.2 Å². The summed E-state index contributed by atoms with van der Waals surface area (Å²) in [5.74, 6) is 0.355. The Morgan fingerprint density at radius 3 is 1.89 bits per heavy atom. The largest absolute Gasteiger partial charge is 0.349 e. The number of carbonyl (C=O) groups is 2. The molecule has 4 nitrogen and oxygen atoms in total. The first-order valence-corrected chi connectivity index (χ1v) is 9.54. The molecule has 1 atom stereocenters. The number of hydrogen-bond donors (Lipinski definition) is 2. The second-order valence-corrected chi connectivity index (χ2v) is 7.54. The van der Waals surface area contributed by atoms with Gasteiger partial charge < -0.3 is 10.6 Å².